The van der Waals surface area contributed by atoms with E-state index in [0.717, 1.165) is 70.9 Å². The van der Waals surface area contributed by atoms with Crippen molar-refractivity contribution in [3.63, 3.8) is 0 Å². The van der Waals surface area contributed by atoms with Crippen LogP contribution in [0.3, 0.4) is 0 Å². The topological polar surface area (TPSA) is 60.0 Å². The van der Waals surface area contributed by atoms with Gasteiger partial charge in [0, 0.05) is 57.8 Å². The molecule has 1 amide bonds. The van der Waals surface area contributed by atoms with Gasteiger partial charge in [-0.2, -0.15) is 0 Å². The second-order valence-corrected chi connectivity index (χ2v) is 8.27. The van der Waals surface area contributed by atoms with Crippen LogP contribution in [0.4, 0.5) is 0 Å². The van der Waals surface area contributed by atoms with Crippen LogP contribution in [0.1, 0.15) is 51.5 Å². The van der Waals surface area contributed by atoms with Crippen LogP contribution < -0.4 is 10.6 Å². The molecule has 168 valence electrons. The predicted molar refractivity (Wildman–Crippen MR) is 134 cm³/mol. The monoisotopic (exact) mass is 527 g/mol. The van der Waals surface area contributed by atoms with Crippen LogP contribution >= 0.6 is 24.0 Å². The molecule has 2 N–H and O–H groups in total. The number of guanidine groups is 1. The van der Waals surface area contributed by atoms with Gasteiger partial charge in [0.2, 0.25) is 5.91 Å². The summed E-state index contributed by atoms with van der Waals surface area (Å²) in [5, 5.41) is 7.02. The van der Waals surface area contributed by atoms with Gasteiger partial charge >= 0.3 is 0 Å². The average Bonchev–Trinajstić information content (AvgIpc) is 3.13. The van der Waals surface area contributed by atoms with Crippen molar-refractivity contribution in [3.8, 4) is 0 Å². The van der Waals surface area contributed by atoms with Crippen LogP contribution in [0.25, 0.3) is 0 Å². The van der Waals surface area contributed by atoms with E-state index in [4.69, 9.17) is 4.99 Å². The Hall–Kier alpha value is -1.35. The molecule has 6 nitrogen and oxygen atoms in total. The van der Waals surface area contributed by atoms with Crippen molar-refractivity contribution in [2.24, 2.45) is 4.99 Å². The van der Waals surface area contributed by atoms with Crippen molar-refractivity contribution in [1.82, 2.24) is 20.4 Å². The van der Waals surface area contributed by atoms with Crippen molar-refractivity contribution in [2.75, 3.05) is 32.7 Å². The van der Waals surface area contributed by atoms with Crippen LogP contribution in [-0.2, 0) is 11.3 Å². The van der Waals surface area contributed by atoms with Gasteiger partial charge in [-0.15, -0.1) is 24.0 Å². The van der Waals surface area contributed by atoms with Crippen LogP contribution in [0.2, 0.25) is 0 Å². The molecule has 30 heavy (non-hydrogen) atoms. The minimum atomic E-state index is 0. The number of benzene rings is 1. The van der Waals surface area contributed by atoms with E-state index in [1.165, 1.54) is 5.56 Å². The molecule has 7 heteroatoms. The first-order valence-corrected chi connectivity index (χ1v) is 11.3. The van der Waals surface area contributed by atoms with Crippen LogP contribution in [0.15, 0.2) is 35.3 Å². The summed E-state index contributed by atoms with van der Waals surface area (Å²) in [5.74, 6) is 1.21. The summed E-state index contributed by atoms with van der Waals surface area (Å²) in [6, 6.07) is 11.7. The molecule has 2 fully saturated rings. The van der Waals surface area contributed by atoms with E-state index < -0.39 is 0 Å². The lowest BCUT2D eigenvalue weighted by Crippen LogP contribution is -2.51. The second-order valence-electron chi connectivity index (χ2n) is 8.27. The summed E-state index contributed by atoms with van der Waals surface area (Å²) >= 11 is 0. The van der Waals surface area contributed by atoms with Crippen LogP contribution in [0.5, 0.6) is 0 Å². The molecule has 0 spiro atoms. The zero-order chi connectivity index (χ0) is 20.5. The number of amides is 1. The number of hydrogen-bond donors (Lipinski definition) is 2. The molecular formula is C23H38IN5O. The first-order chi connectivity index (χ1) is 14.2. The molecule has 0 aromatic heterocycles. The van der Waals surface area contributed by atoms with Crippen molar-refractivity contribution in [2.45, 2.75) is 64.6 Å². The number of nitrogens with zero attached hydrogens (tertiary/aromatic N) is 3. The summed E-state index contributed by atoms with van der Waals surface area (Å²) in [5.41, 5.74) is 1.39. The number of hydrogen-bond acceptors (Lipinski definition) is 3. The summed E-state index contributed by atoms with van der Waals surface area (Å²) in [4.78, 5) is 21.0. The largest absolute Gasteiger partial charge is 0.357 e. The van der Waals surface area contributed by atoms with Gasteiger partial charge in [0.25, 0.3) is 0 Å². The van der Waals surface area contributed by atoms with Crippen molar-refractivity contribution >= 4 is 35.8 Å². The Labute approximate surface area is 198 Å². The number of aliphatic imine (C=N–C) groups is 1. The Kier molecular flexibility index (Phi) is 10.9. The Morgan fingerprint density at radius 2 is 2.03 bits per heavy atom. The molecule has 2 aliphatic heterocycles. The molecule has 1 aromatic rings. The van der Waals surface area contributed by atoms with E-state index in [0.29, 0.717) is 24.4 Å². The lowest BCUT2D eigenvalue weighted by Gasteiger charge is -2.38. The molecule has 2 saturated heterocycles. The van der Waals surface area contributed by atoms with E-state index in [9.17, 15) is 4.79 Å². The van der Waals surface area contributed by atoms with E-state index >= 15 is 0 Å². The Balaban J connectivity index is 0.00000320. The molecule has 0 saturated carbocycles. The smallest absolute Gasteiger partial charge is 0.222 e. The number of halogens is 1. The van der Waals surface area contributed by atoms with Gasteiger partial charge in [-0.1, -0.05) is 30.3 Å². The van der Waals surface area contributed by atoms with Crippen LogP contribution in [0, 0.1) is 0 Å². The highest BCUT2D eigenvalue weighted by Gasteiger charge is 2.26. The lowest BCUT2D eigenvalue weighted by atomic mass is 9.97. The highest BCUT2D eigenvalue weighted by Crippen LogP contribution is 2.20. The molecule has 0 radical (unpaired) electrons. The van der Waals surface area contributed by atoms with Gasteiger partial charge in [-0.25, -0.2) is 0 Å². The van der Waals surface area contributed by atoms with Gasteiger partial charge < -0.3 is 15.5 Å². The average molecular weight is 527 g/mol. The SMILES string of the molecule is CCNC(=NCCCN1CCCC1=O)NC1CCN(Cc2ccccc2)C(C)C1.I. The van der Waals surface area contributed by atoms with E-state index in [1.807, 2.05) is 4.90 Å². The van der Waals surface area contributed by atoms with E-state index in [2.05, 4.69) is 59.7 Å². The maximum atomic E-state index is 11.7. The predicted octanol–water partition coefficient (Wildman–Crippen LogP) is 3.23. The van der Waals surface area contributed by atoms with Gasteiger partial charge in [-0.3, -0.25) is 14.7 Å². The Morgan fingerprint density at radius 1 is 1.23 bits per heavy atom. The number of carbonyl (C=O) groups excluding carboxylic acids is 1. The van der Waals surface area contributed by atoms with Gasteiger partial charge in [0.05, 0.1) is 0 Å². The Morgan fingerprint density at radius 3 is 2.70 bits per heavy atom. The number of piperidine rings is 1. The third-order valence-electron chi connectivity index (χ3n) is 5.95. The maximum Gasteiger partial charge on any atom is 0.222 e. The van der Waals surface area contributed by atoms with Crippen molar-refractivity contribution < 1.29 is 4.79 Å². The third-order valence-corrected chi connectivity index (χ3v) is 5.95. The zero-order valence-electron chi connectivity index (χ0n) is 18.5. The molecular weight excluding hydrogens is 489 g/mol. The lowest BCUT2D eigenvalue weighted by molar-refractivity contribution is -0.127. The minimum absolute atomic E-state index is 0. The zero-order valence-corrected chi connectivity index (χ0v) is 20.8. The summed E-state index contributed by atoms with van der Waals surface area (Å²) in [7, 11) is 0. The highest BCUT2D eigenvalue weighted by atomic mass is 127. The quantitative estimate of drug-likeness (QED) is 0.236. The summed E-state index contributed by atoms with van der Waals surface area (Å²) < 4.78 is 0. The maximum absolute atomic E-state index is 11.7. The van der Waals surface area contributed by atoms with Gasteiger partial charge in [0.1, 0.15) is 0 Å². The number of rotatable bonds is 8. The van der Waals surface area contributed by atoms with E-state index in [-0.39, 0.29) is 24.0 Å². The fourth-order valence-corrected chi connectivity index (χ4v) is 4.31. The number of carbonyl (C=O) groups is 1. The Bertz CT molecular complexity index is 669. The van der Waals surface area contributed by atoms with E-state index in [1.54, 1.807) is 0 Å². The minimum Gasteiger partial charge on any atom is -0.357 e. The summed E-state index contributed by atoms with van der Waals surface area (Å²) in [6.45, 7) is 9.92. The molecule has 2 unspecified atom stereocenters. The fourth-order valence-electron chi connectivity index (χ4n) is 4.31. The van der Waals surface area contributed by atoms with Crippen LogP contribution in [-0.4, -0.2) is 66.5 Å². The normalized spacial score (nSPS) is 22.7. The molecule has 0 aliphatic carbocycles. The molecule has 2 atom stereocenters. The number of likely N-dealkylation sites (tertiary alicyclic amines) is 2. The second kappa shape index (κ2) is 13.1. The standard InChI is InChI=1S/C23H37N5O.HI/c1-3-24-23(25-13-8-15-27-14-7-11-22(27)29)26-21-12-16-28(19(2)17-21)18-20-9-5-4-6-10-20;/h4-6,9-10,19,21H,3,7-8,11-18H2,1-2H3,(H2,24,25,26);1H. The summed E-state index contributed by atoms with van der Waals surface area (Å²) in [6.07, 6.45) is 4.90. The van der Waals surface area contributed by atoms with Gasteiger partial charge in [0.15, 0.2) is 5.96 Å². The first kappa shape index (κ1) is 24.9. The molecule has 1 aromatic carbocycles. The van der Waals surface area contributed by atoms with Crippen molar-refractivity contribution in [3.05, 3.63) is 35.9 Å². The fraction of sp³-hybridized carbons (Fsp3) is 0.652. The number of nitrogens with one attached hydrogen (secondary N) is 2. The first-order valence-electron chi connectivity index (χ1n) is 11.3. The molecule has 0 bridgehead atoms. The molecule has 3 rings (SSSR count). The van der Waals surface area contributed by atoms with Crippen molar-refractivity contribution in [1.29, 1.82) is 0 Å². The third kappa shape index (κ3) is 7.72. The molecule has 2 aliphatic rings. The highest BCUT2D eigenvalue weighted by molar-refractivity contribution is 14.0. The molecule has 2 heterocycles. The van der Waals surface area contributed by atoms with Gasteiger partial charge in [-0.05, 0) is 45.1 Å².